The summed E-state index contributed by atoms with van der Waals surface area (Å²) in [6, 6.07) is 6.68. The molecule has 1 aromatic carbocycles. The molecule has 1 N–H and O–H groups in total. The molecule has 5 heteroatoms. The summed E-state index contributed by atoms with van der Waals surface area (Å²) in [6.45, 7) is 4.89. The normalized spacial score (nSPS) is 12.4. The number of rotatable bonds is 5. The van der Waals surface area contributed by atoms with Crippen molar-refractivity contribution in [2.75, 3.05) is 6.54 Å². The first-order valence-electron chi connectivity index (χ1n) is 6.18. The third-order valence-electron chi connectivity index (χ3n) is 2.69. The lowest BCUT2D eigenvalue weighted by Gasteiger charge is -2.16. The van der Waals surface area contributed by atoms with Crippen molar-refractivity contribution in [3.63, 3.8) is 0 Å². The maximum atomic E-state index is 13.4. The van der Waals surface area contributed by atoms with E-state index in [0.29, 0.717) is 5.16 Å². The second-order valence-electron chi connectivity index (χ2n) is 4.09. The molecule has 1 atom stereocenters. The van der Waals surface area contributed by atoms with Gasteiger partial charge in [0.15, 0.2) is 5.16 Å². The summed E-state index contributed by atoms with van der Waals surface area (Å²) in [6.07, 6.45) is 3.40. The van der Waals surface area contributed by atoms with Crippen molar-refractivity contribution in [1.29, 1.82) is 0 Å². The fourth-order valence-electron chi connectivity index (χ4n) is 1.80. The van der Waals surface area contributed by atoms with Crippen LogP contribution in [0.1, 0.15) is 25.5 Å². The lowest BCUT2D eigenvalue weighted by atomic mass is 10.1. The van der Waals surface area contributed by atoms with Gasteiger partial charge in [0.25, 0.3) is 0 Å². The van der Waals surface area contributed by atoms with Crippen LogP contribution in [0, 0.1) is 5.82 Å². The quantitative estimate of drug-likeness (QED) is 0.850. The summed E-state index contributed by atoms with van der Waals surface area (Å²) in [7, 11) is 0. The molecule has 0 aliphatic rings. The fraction of sp³-hybridized carbons (Fsp3) is 0.286. The molecule has 1 heterocycles. The summed E-state index contributed by atoms with van der Waals surface area (Å²) in [5.74, 6) is -0.224. The third-order valence-corrected chi connectivity index (χ3v) is 3.68. The number of benzene rings is 1. The predicted octanol–water partition coefficient (Wildman–Crippen LogP) is 3.44. The summed E-state index contributed by atoms with van der Waals surface area (Å²) < 4.78 is 13.4. The monoisotopic (exact) mass is 277 g/mol. The number of hydrogen-bond acceptors (Lipinski definition) is 4. The molecule has 100 valence electrons. The largest absolute Gasteiger partial charge is 0.310 e. The highest BCUT2D eigenvalue weighted by molar-refractivity contribution is 7.99. The molecule has 0 amide bonds. The highest BCUT2D eigenvalue weighted by atomic mass is 32.2. The van der Waals surface area contributed by atoms with Crippen molar-refractivity contribution >= 4 is 11.8 Å². The topological polar surface area (TPSA) is 37.8 Å². The molecule has 0 fully saturated rings. The van der Waals surface area contributed by atoms with Gasteiger partial charge in [0, 0.05) is 23.3 Å². The van der Waals surface area contributed by atoms with Crippen LogP contribution >= 0.6 is 11.8 Å². The Kier molecular flexibility index (Phi) is 4.87. The molecule has 0 saturated heterocycles. The summed E-state index contributed by atoms with van der Waals surface area (Å²) in [4.78, 5) is 9.33. The Morgan fingerprint density at radius 3 is 2.74 bits per heavy atom. The van der Waals surface area contributed by atoms with Crippen LogP contribution in [0.3, 0.4) is 0 Å². The van der Waals surface area contributed by atoms with E-state index in [2.05, 4.69) is 15.3 Å². The zero-order chi connectivity index (χ0) is 13.7. The van der Waals surface area contributed by atoms with Gasteiger partial charge >= 0.3 is 0 Å². The minimum Gasteiger partial charge on any atom is -0.310 e. The molecule has 1 aromatic heterocycles. The minimum absolute atomic E-state index is 0.0897. The highest BCUT2D eigenvalue weighted by Crippen LogP contribution is 2.31. The molecule has 19 heavy (non-hydrogen) atoms. The Balaban J connectivity index is 2.29. The van der Waals surface area contributed by atoms with Crippen LogP contribution in [-0.2, 0) is 0 Å². The summed E-state index contributed by atoms with van der Waals surface area (Å²) >= 11 is 1.45. The molecule has 0 radical (unpaired) electrons. The van der Waals surface area contributed by atoms with E-state index in [1.165, 1.54) is 17.8 Å². The smallest absolute Gasteiger partial charge is 0.192 e. The van der Waals surface area contributed by atoms with Gasteiger partial charge in [-0.1, -0.05) is 6.92 Å². The van der Waals surface area contributed by atoms with E-state index >= 15 is 0 Å². The van der Waals surface area contributed by atoms with Crippen LogP contribution in [0.4, 0.5) is 4.39 Å². The van der Waals surface area contributed by atoms with Crippen LogP contribution in [0.5, 0.6) is 0 Å². The van der Waals surface area contributed by atoms with Crippen LogP contribution < -0.4 is 5.32 Å². The van der Waals surface area contributed by atoms with Crippen LogP contribution in [0.15, 0.2) is 46.7 Å². The maximum absolute atomic E-state index is 13.4. The molecule has 2 rings (SSSR count). The molecular weight excluding hydrogens is 261 g/mol. The Hall–Kier alpha value is -1.46. The molecule has 3 nitrogen and oxygen atoms in total. The molecule has 2 aromatic rings. The maximum Gasteiger partial charge on any atom is 0.192 e. The Morgan fingerprint density at radius 1 is 1.32 bits per heavy atom. The first-order chi connectivity index (χ1) is 9.20. The second kappa shape index (κ2) is 6.63. The van der Waals surface area contributed by atoms with Crippen molar-refractivity contribution < 1.29 is 4.39 Å². The van der Waals surface area contributed by atoms with E-state index in [4.69, 9.17) is 0 Å². The van der Waals surface area contributed by atoms with Gasteiger partial charge in [0.1, 0.15) is 5.82 Å². The van der Waals surface area contributed by atoms with Crippen molar-refractivity contribution in [3.05, 3.63) is 48.0 Å². The summed E-state index contributed by atoms with van der Waals surface area (Å²) in [5, 5.41) is 3.96. The van der Waals surface area contributed by atoms with E-state index < -0.39 is 0 Å². The molecule has 0 bridgehead atoms. The Bertz CT molecular complexity index is 533. The van der Waals surface area contributed by atoms with Gasteiger partial charge < -0.3 is 5.32 Å². The van der Waals surface area contributed by atoms with Crippen LogP contribution in [0.25, 0.3) is 0 Å². The van der Waals surface area contributed by atoms with Crippen molar-refractivity contribution in [1.82, 2.24) is 15.3 Å². The zero-order valence-electron chi connectivity index (χ0n) is 10.9. The number of hydrogen-bond donors (Lipinski definition) is 1. The van der Waals surface area contributed by atoms with Gasteiger partial charge in [-0.25, -0.2) is 14.4 Å². The van der Waals surface area contributed by atoms with E-state index in [-0.39, 0.29) is 11.9 Å². The predicted molar refractivity (Wildman–Crippen MR) is 74.6 cm³/mol. The fourth-order valence-corrected chi connectivity index (χ4v) is 2.72. The molecule has 0 saturated carbocycles. The number of nitrogens with one attached hydrogen (secondary N) is 1. The molecular formula is C14H16FN3S. The van der Waals surface area contributed by atoms with E-state index in [1.807, 2.05) is 13.8 Å². The lowest BCUT2D eigenvalue weighted by Crippen LogP contribution is -2.18. The number of aromatic nitrogens is 2. The van der Waals surface area contributed by atoms with Gasteiger partial charge in [0.05, 0.1) is 0 Å². The molecule has 0 spiro atoms. The van der Waals surface area contributed by atoms with Crippen molar-refractivity contribution in [3.8, 4) is 0 Å². The van der Waals surface area contributed by atoms with Crippen LogP contribution in [-0.4, -0.2) is 16.5 Å². The Labute approximate surface area is 116 Å². The first kappa shape index (κ1) is 14.0. The van der Waals surface area contributed by atoms with Gasteiger partial charge in [-0.05, 0) is 55.1 Å². The first-order valence-corrected chi connectivity index (χ1v) is 7.00. The lowest BCUT2D eigenvalue weighted by molar-refractivity contribution is 0.574. The van der Waals surface area contributed by atoms with Gasteiger partial charge in [-0.15, -0.1) is 0 Å². The van der Waals surface area contributed by atoms with Crippen molar-refractivity contribution in [2.24, 2.45) is 0 Å². The highest BCUT2D eigenvalue weighted by Gasteiger charge is 2.13. The van der Waals surface area contributed by atoms with Gasteiger partial charge in [0.2, 0.25) is 0 Å². The number of nitrogens with zero attached hydrogens (tertiary/aromatic N) is 2. The Morgan fingerprint density at radius 2 is 2.05 bits per heavy atom. The standard InChI is InChI=1S/C14H16FN3S/c1-3-16-10(2)12-9-11(15)5-6-13(12)19-14-17-7-4-8-18-14/h4-10,16H,3H2,1-2H3. The number of halogens is 1. The molecule has 1 unspecified atom stereocenters. The summed E-state index contributed by atoms with van der Waals surface area (Å²) in [5.41, 5.74) is 0.930. The zero-order valence-corrected chi connectivity index (χ0v) is 11.7. The van der Waals surface area contributed by atoms with Crippen LogP contribution in [0.2, 0.25) is 0 Å². The van der Waals surface area contributed by atoms with Crippen molar-refractivity contribution in [2.45, 2.75) is 29.9 Å². The van der Waals surface area contributed by atoms with Gasteiger partial charge in [-0.3, -0.25) is 0 Å². The second-order valence-corrected chi connectivity index (χ2v) is 5.10. The average Bonchev–Trinajstić information content (AvgIpc) is 2.42. The third kappa shape index (κ3) is 3.75. The van der Waals surface area contributed by atoms with E-state index in [9.17, 15) is 4.39 Å². The van der Waals surface area contributed by atoms with Gasteiger partial charge in [-0.2, -0.15) is 0 Å². The molecule has 0 aliphatic heterocycles. The molecule has 0 aliphatic carbocycles. The van der Waals surface area contributed by atoms with E-state index in [0.717, 1.165) is 17.0 Å². The minimum atomic E-state index is -0.224. The SMILES string of the molecule is CCNC(C)c1cc(F)ccc1Sc1ncccn1. The average molecular weight is 277 g/mol. The van der Waals surface area contributed by atoms with E-state index in [1.54, 1.807) is 30.6 Å².